The number of nitrogens with zero attached hydrogens (tertiary/aromatic N) is 4. The maximum atomic E-state index is 12.3. The van der Waals surface area contributed by atoms with Crippen molar-refractivity contribution in [2.24, 2.45) is 5.92 Å². The summed E-state index contributed by atoms with van der Waals surface area (Å²) in [6, 6.07) is 0. The predicted molar refractivity (Wildman–Crippen MR) is 94.3 cm³/mol. The van der Waals surface area contributed by atoms with E-state index >= 15 is 0 Å². The Hall–Kier alpha value is -2.29. The Bertz CT molecular complexity index is 714. The Balaban J connectivity index is 1.46. The molecule has 2 aromatic heterocycles. The van der Waals surface area contributed by atoms with E-state index < -0.39 is 0 Å². The minimum absolute atomic E-state index is 0.0602. The van der Waals surface area contributed by atoms with Crippen LogP contribution < -0.4 is 10.2 Å². The van der Waals surface area contributed by atoms with Crippen molar-refractivity contribution in [3.8, 4) is 0 Å². The van der Waals surface area contributed by atoms with Crippen LogP contribution in [-0.2, 0) is 22.4 Å². The topological polar surface area (TPSA) is 104 Å². The van der Waals surface area contributed by atoms with Crippen molar-refractivity contribution in [2.45, 2.75) is 39.0 Å². The SMILES string of the molecule is CCCc1nnc(N2CC(C(=O)NCCCc3ncc[nH]3)CC2=O)s1. The number of rotatable bonds is 8. The van der Waals surface area contributed by atoms with Crippen LogP contribution in [0.4, 0.5) is 5.13 Å². The van der Waals surface area contributed by atoms with Crippen molar-refractivity contribution in [1.82, 2.24) is 25.5 Å². The highest BCUT2D eigenvalue weighted by atomic mass is 32.1. The van der Waals surface area contributed by atoms with E-state index in [9.17, 15) is 9.59 Å². The van der Waals surface area contributed by atoms with Crippen molar-refractivity contribution in [3.05, 3.63) is 23.2 Å². The molecule has 8 nitrogen and oxygen atoms in total. The number of hydrogen-bond donors (Lipinski definition) is 2. The predicted octanol–water partition coefficient (Wildman–Crippen LogP) is 1.32. The van der Waals surface area contributed by atoms with Gasteiger partial charge in [0.15, 0.2) is 0 Å². The van der Waals surface area contributed by atoms with Gasteiger partial charge in [0.05, 0.1) is 5.92 Å². The number of aryl methyl sites for hydroxylation is 2. The highest BCUT2D eigenvalue weighted by Gasteiger charge is 2.36. The molecule has 1 atom stereocenters. The molecule has 3 rings (SSSR count). The first-order valence-electron chi connectivity index (χ1n) is 8.56. The molecule has 0 aliphatic carbocycles. The molecule has 0 bridgehead atoms. The van der Waals surface area contributed by atoms with Crippen LogP contribution in [0.25, 0.3) is 0 Å². The Morgan fingerprint density at radius 3 is 3.08 bits per heavy atom. The van der Waals surface area contributed by atoms with E-state index in [1.54, 1.807) is 17.3 Å². The van der Waals surface area contributed by atoms with Crippen LogP contribution in [0.15, 0.2) is 12.4 Å². The average Bonchev–Trinajstić information content (AvgIpc) is 3.32. The van der Waals surface area contributed by atoms with Crippen molar-refractivity contribution in [3.63, 3.8) is 0 Å². The number of carbonyl (C=O) groups excluding carboxylic acids is 2. The fourth-order valence-corrected chi connectivity index (χ4v) is 3.75. The number of anilines is 1. The van der Waals surface area contributed by atoms with Gasteiger partial charge in [0.1, 0.15) is 10.8 Å². The van der Waals surface area contributed by atoms with E-state index in [0.717, 1.165) is 36.5 Å². The molecule has 25 heavy (non-hydrogen) atoms. The van der Waals surface area contributed by atoms with Crippen molar-refractivity contribution in [1.29, 1.82) is 0 Å². The highest BCUT2D eigenvalue weighted by molar-refractivity contribution is 7.15. The number of aromatic nitrogens is 4. The number of imidazole rings is 1. The number of aromatic amines is 1. The summed E-state index contributed by atoms with van der Waals surface area (Å²) in [7, 11) is 0. The molecule has 0 saturated carbocycles. The van der Waals surface area contributed by atoms with Gasteiger partial charge in [-0.25, -0.2) is 4.98 Å². The Kier molecular flexibility index (Phi) is 5.75. The van der Waals surface area contributed by atoms with Gasteiger partial charge < -0.3 is 10.3 Å². The third-order valence-electron chi connectivity index (χ3n) is 4.09. The molecule has 1 aliphatic heterocycles. The molecule has 0 aromatic carbocycles. The lowest BCUT2D eigenvalue weighted by atomic mass is 10.1. The molecular weight excluding hydrogens is 340 g/mol. The van der Waals surface area contributed by atoms with Crippen LogP contribution in [0.2, 0.25) is 0 Å². The smallest absolute Gasteiger partial charge is 0.229 e. The Labute approximate surface area is 150 Å². The van der Waals surface area contributed by atoms with Gasteiger partial charge in [0.25, 0.3) is 0 Å². The number of carbonyl (C=O) groups is 2. The maximum absolute atomic E-state index is 12.3. The zero-order valence-corrected chi connectivity index (χ0v) is 15.0. The second-order valence-corrected chi connectivity index (χ2v) is 7.10. The minimum Gasteiger partial charge on any atom is -0.356 e. The lowest BCUT2D eigenvalue weighted by molar-refractivity contribution is -0.126. The lowest BCUT2D eigenvalue weighted by Gasteiger charge is -2.12. The van der Waals surface area contributed by atoms with Crippen LogP contribution >= 0.6 is 11.3 Å². The van der Waals surface area contributed by atoms with E-state index in [0.29, 0.717) is 18.2 Å². The third-order valence-corrected chi connectivity index (χ3v) is 5.10. The van der Waals surface area contributed by atoms with E-state index in [2.05, 4.69) is 32.4 Å². The summed E-state index contributed by atoms with van der Waals surface area (Å²) in [6.45, 7) is 3.03. The summed E-state index contributed by atoms with van der Waals surface area (Å²) < 4.78 is 0. The summed E-state index contributed by atoms with van der Waals surface area (Å²) in [6.07, 6.45) is 7.17. The van der Waals surface area contributed by atoms with Crippen LogP contribution in [0.3, 0.4) is 0 Å². The van der Waals surface area contributed by atoms with E-state index in [-0.39, 0.29) is 24.2 Å². The van der Waals surface area contributed by atoms with Gasteiger partial charge in [-0.1, -0.05) is 18.3 Å². The number of hydrogen-bond acceptors (Lipinski definition) is 6. The first kappa shape index (κ1) is 17.5. The Morgan fingerprint density at radius 1 is 1.44 bits per heavy atom. The zero-order valence-electron chi connectivity index (χ0n) is 14.2. The molecule has 9 heteroatoms. The second-order valence-electron chi connectivity index (χ2n) is 6.06. The summed E-state index contributed by atoms with van der Waals surface area (Å²) in [4.78, 5) is 33.3. The normalized spacial score (nSPS) is 17.2. The molecule has 2 N–H and O–H groups in total. The van der Waals surface area contributed by atoms with Crippen molar-refractivity contribution < 1.29 is 9.59 Å². The summed E-state index contributed by atoms with van der Waals surface area (Å²) in [5, 5.41) is 12.6. The average molecular weight is 362 g/mol. The summed E-state index contributed by atoms with van der Waals surface area (Å²) in [5.41, 5.74) is 0. The highest BCUT2D eigenvalue weighted by Crippen LogP contribution is 2.28. The maximum Gasteiger partial charge on any atom is 0.229 e. The molecule has 134 valence electrons. The van der Waals surface area contributed by atoms with Crippen LogP contribution in [0, 0.1) is 5.92 Å². The molecule has 0 radical (unpaired) electrons. The summed E-state index contributed by atoms with van der Waals surface area (Å²) in [5.74, 6) is 0.453. The molecule has 0 spiro atoms. The molecule has 2 amide bonds. The first-order valence-corrected chi connectivity index (χ1v) is 9.37. The lowest BCUT2D eigenvalue weighted by Crippen LogP contribution is -2.33. The number of H-pyrrole nitrogens is 1. The molecule has 1 fully saturated rings. The monoisotopic (exact) mass is 362 g/mol. The van der Waals surface area contributed by atoms with Crippen molar-refractivity contribution in [2.75, 3.05) is 18.0 Å². The van der Waals surface area contributed by atoms with Crippen LogP contribution in [0.5, 0.6) is 0 Å². The van der Waals surface area contributed by atoms with Gasteiger partial charge in [-0.05, 0) is 12.8 Å². The van der Waals surface area contributed by atoms with Gasteiger partial charge in [-0.3, -0.25) is 14.5 Å². The first-order chi connectivity index (χ1) is 12.2. The van der Waals surface area contributed by atoms with Gasteiger partial charge >= 0.3 is 0 Å². The fraction of sp³-hybridized carbons (Fsp3) is 0.562. The van der Waals surface area contributed by atoms with Crippen molar-refractivity contribution >= 4 is 28.3 Å². The Morgan fingerprint density at radius 2 is 2.32 bits per heavy atom. The largest absolute Gasteiger partial charge is 0.356 e. The molecule has 1 unspecified atom stereocenters. The van der Waals surface area contributed by atoms with E-state index in [1.165, 1.54) is 11.3 Å². The molecule has 2 aromatic rings. The molecular formula is C16H22N6O2S. The van der Waals surface area contributed by atoms with Gasteiger partial charge in [0.2, 0.25) is 16.9 Å². The van der Waals surface area contributed by atoms with Gasteiger partial charge in [-0.15, -0.1) is 10.2 Å². The van der Waals surface area contributed by atoms with Crippen LogP contribution in [0.1, 0.15) is 37.0 Å². The quantitative estimate of drug-likeness (QED) is 0.689. The van der Waals surface area contributed by atoms with E-state index in [1.807, 2.05) is 0 Å². The second kappa shape index (κ2) is 8.19. The zero-order chi connectivity index (χ0) is 17.6. The van der Waals surface area contributed by atoms with Gasteiger partial charge in [-0.2, -0.15) is 0 Å². The van der Waals surface area contributed by atoms with Gasteiger partial charge in [0, 0.05) is 44.7 Å². The van der Waals surface area contributed by atoms with Crippen LogP contribution in [-0.4, -0.2) is 45.1 Å². The molecule has 1 aliphatic rings. The number of nitrogens with one attached hydrogen (secondary N) is 2. The minimum atomic E-state index is -0.324. The molecule has 3 heterocycles. The molecule has 1 saturated heterocycles. The fourth-order valence-electron chi connectivity index (χ4n) is 2.78. The number of amides is 2. The third kappa shape index (κ3) is 4.41. The summed E-state index contributed by atoms with van der Waals surface area (Å²) >= 11 is 1.43. The van der Waals surface area contributed by atoms with E-state index in [4.69, 9.17) is 0 Å². The standard InChI is InChI=1S/C16H22N6O2S/c1-2-4-13-20-21-16(25-13)22-10-11(9-14(22)23)15(24)19-6-3-5-12-17-7-8-18-12/h7-8,11H,2-6,9-10H2,1H3,(H,17,18)(H,19,24).